The zero-order valence-electron chi connectivity index (χ0n) is 21.9. The van der Waals surface area contributed by atoms with E-state index >= 15 is 4.39 Å². The fraction of sp³-hybridized carbons (Fsp3) is 0.429. The van der Waals surface area contributed by atoms with Crippen LogP contribution < -0.4 is 9.62 Å². The van der Waals surface area contributed by atoms with Crippen molar-refractivity contribution >= 4 is 21.5 Å². The van der Waals surface area contributed by atoms with Crippen molar-refractivity contribution in [3.05, 3.63) is 78.0 Å². The lowest BCUT2D eigenvalue weighted by Gasteiger charge is -2.49. The number of aryl methyl sites for hydroxylation is 1. The SMILES string of the molecule is O=S(=O)(Nc1ccncn1)c1ccc(N2CCC[C@@](CCc3cccc(C(F)(F)F)c3)(N3CCCC3)C2)cc1F. The molecule has 2 aliphatic heterocycles. The highest BCUT2D eigenvalue weighted by molar-refractivity contribution is 7.92. The summed E-state index contributed by atoms with van der Waals surface area (Å²) in [5.74, 6) is -0.842. The van der Waals surface area contributed by atoms with Gasteiger partial charge in [0.15, 0.2) is 0 Å². The zero-order valence-corrected chi connectivity index (χ0v) is 22.7. The molecule has 0 amide bonds. The summed E-state index contributed by atoms with van der Waals surface area (Å²) >= 11 is 0. The summed E-state index contributed by atoms with van der Waals surface area (Å²) in [6.45, 7) is 3.08. The molecular weight excluding hydrogens is 546 g/mol. The molecule has 40 heavy (non-hydrogen) atoms. The maximum absolute atomic E-state index is 15.2. The van der Waals surface area contributed by atoms with Crippen LogP contribution in [0.1, 0.15) is 43.2 Å². The molecule has 214 valence electrons. The van der Waals surface area contributed by atoms with Gasteiger partial charge in [-0.05, 0) is 87.5 Å². The average molecular weight is 578 g/mol. The minimum Gasteiger partial charge on any atom is -0.370 e. The van der Waals surface area contributed by atoms with E-state index in [0.29, 0.717) is 37.2 Å². The first-order valence-corrected chi connectivity index (χ1v) is 14.8. The minimum atomic E-state index is -4.39. The molecule has 1 atom stereocenters. The van der Waals surface area contributed by atoms with Gasteiger partial charge in [0.1, 0.15) is 22.9 Å². The summed E-state index contributed by atoms with van der Waals surface area (Å²) in [7, 11) is -4.20. The number of benzene rings is 2. The van der Waals surface area contributed by atoms with Gasteiger partial charge in [-0.25, -0.2) is 22.8 Å². The van der Waals surface area contributed by atoms with E-state index in [1.165, 1.54) is 42.9 Å². The summed E-state index contributed by atoms with van der Waals surface area (Å²) < 4.78 is 82.9. The van der Waals surface area contributed by atoms with Gasteiger partial charge < -0.3 is 4.90 Å². The van der Waals surface area contributed by atoms with E-state index in [0.717, 1.165) is 44.8 Å². The Labute approximate surface area is 231 Å². The highest BCUT2D eigenvalue weighted by Crippen LogP contribution is 2.38. The van der Waals surface area contributed by atoms with E-state index in [-0.39, 0.29) is 11.4 Å². The Balaban J connectivity index is 1.36. The zero-order chi connectivity index (χ0) is 28.4. The Hall–Kier alpha value is -3.25. The summed E-state index contributed by atoms with van der Waals surface area (Å²) in [6.07, 6.45) is 3.18. The van der Waals surface area contributed by atoms with Gasteiger partial charge in [0.05, 0.1) is 5.56 Å². The third-order valence-electron chi connectivity index (χ3n) is 7.86. The van der Waals surface area contributed by atoms with Gasteiger partial charge in [-0.2, -0.15) is 13.2 Å². The molecule has 2 aliphatic rings. The second-order valence-corrected chi connectivity index (χ2v) is 12.1. The van der Waals surface area contributed by atoms with Gasteiger partial charge in [-0.15, -0.1) is 0 Å². The molecular formula is C28H31F4N5O2S. The average Bonchev–Trinajstić information content (AvgIpc) is 3.48. The molecule has 7 nitrogen and oxygen atoms in total. The topological polar surface area (TPSA) is 78.4 Å². The van der Waals surface area contributed by atoms with Gasteiger partial charge in [0, 0.05) is 30.5 Å². The predicted octanol–water partition coefficient (Wildman–Crippen LogP) is 5.50. The maximum atomic E-state index is 15.2. The first-order valence-electron chi connectivity index (χ1n) is 13.3. The molecule has 0 unspecified atom stereocenters. The van der Waals surface area contributed by atoms with Crippen molar-refractivity contribution in [2.24, 2.45) is 0 Å². The van der Waals surface area contributed by atoms with Crippen LogP contribution in [0.4, 0.5) is 29.1 Å². The number of halogens is 4. The molecule has 0 saturated carbocycles. The van der Waals surface area contributed by atoms with Crippen LogP contribution in [-0.2, 0) is 22.6 Å². The smallest absolute Gasteiger partial charge is 0.370 e. The quantitative estimate of drug-likeness (QED) is 0.356. The third-order valence-corrected chi connectivity index (χ3v) is 9.24. The van der Waals surface area contributed by atoms with Crippen molar-refractivity contribution in [2.75, 3.05) is 35.8 Å². The molecule has 12 heteroatoms. The molecule has 0 bridgehead atoms. The van der Waals surface area contributed by atoms with Crippen molar-refractivity contribution in [1.29, 1.82) is 0 Å². The molecule has 5 rings (SSSR count). The van der Waals surface area contributed by atoms with E-state index in [4.69, 9.17) is 0 Å². The fourth-order valence-electron chi connectivity index (χ4n) is 5.87. The second-order valence-electron chi connectivity index (χ2n) is 10.5. The normalized spacial score (nSPS) is 20.6. The highest BCUT2D eigenvalue weighted by Gasteiger charge is 2.41. The van der Waals surface area contributed by atoms with E-state index in [1.807, 2.05) is 0 Å². The molecule has 2 saturated heterocycles. The van der Waals surface area contributed by atoms with Gasteiger partial charge in [-0.3, -0.25) is 9.62 Å². The number of aromatic nitrogens is 2. The van der Waals surface area contributed by atoms with Crippen molar-refractivity contribution in [1.82, 2.24) is 14.9 Å². The highest BCUT2D eigenvalue weighted by atomic mass is 32.2. The molecule has 3 aromatic rings. The summed E-state index contributed by atoms with van der Waals surface area (Å²) in [4.78, 5) is 11.6. The van der Waals surface area contributed by atoms with Crippen LogP contribution >= 0.6 is 0 Å². The fourth-order valence-corrected chi connectivity index (χ4v) is 6.94. The third kappa shape index (κ3) is 6.22. The first kappa shape index (κ1) is 28.3. The van der Waals surface area contributed by atoms with Gasteiger partial charge in [0.2, 0.25) is 0 Å². The van der Waals surface area contributed by atoms with Gasteiger partial charge in [-0.1, -0.05) is 18.2 Å². The number of rotatable bonds is 8. The Morgan fingerprint density at radius 3 is 2.50 bits per heavy atom. The van der Waals surface area contributed by atoms with Crippen molar-refractivity contribution in [3.8, 4) is 0 Å². The largest absolute Gasteiger partial charge is 0.416 e. The lowest BCUT2D eigenvalue weighted by Crippen LogP contribution is -2.58. The number of piperidine rings is 1. The Bertz CT molecular complexity index is 1430. The molecule has 0 radical (unpaired) electrons. The number of hydrogen-bond donors (Lipinski definition) is 1. The number of sulfonamides is 1. The number of anilines is 2. The summed E-state index contributed by atoms with van der Waals surface area (Å²) in [5, 5.41) is 0. The molecule has 2 aromatic carbocycles. The van der Waals surface area contributed by atoms with Crippen LogP contribution in [-0.4, -0.2) is 55.0 Å². The number of hydrogen-bond acceptors (Lipinski definition) is 6. The van der Waals surface area contributed by atoms with E-state index < -0.39 is 32.5 Å². The Morgan fingerprint density at radius 2 is 1.80 bits per heavy atom. The molecule has 0 spiro atoms. The van der Waals surface area contributed by atoms with Crippen LogP contribution in [0.2, 0.25) is 0 Å². The minimum absolute atomic E-state index is 0.0330. The number of nitrogens with zero attached hydrogens (tertiary/aromatic N) is 4. The van der Waals surface area contributed by atoms with Crippen LogP contribution in [0.15, 0.2) is 66.0 Å². The van der Waals surface area contributed by atoms with Crippen LogP contribution in [0.5, 0.6) is 0 Å². The summed E-state index contributed by atoms with van der Waals surface area (Å²) in [5.41, 5.74) is 0.284. The van der Waals surface area contributed by atoms with Crippen molar-refractivity contribution in [3.63, 3.8) is 0 Å². The standard InChI is InChI=1S/C28H31F4N5O2S/c29-24-18-23(7-8-25(24)40(38,39)35-26-10-13-33-20-34-26)36-14-4-11-27(19-36,37-15-1-2-16-37)12-9-21-5-3-6-22(17-21)28(30,31)32/h3,5-8,10,13,17-18,20H,1-2,4,9,11-12,14-16,19H2,(H,33,34,35)/t27-/m0/s1. The van der Waals surface area contributed by atoms with Crippen LogP contribution in [0.25, 0.3) is 0 Å². The molecule has 1 aromatic heterocycles. The molecule has 1 N–H and O–H groups in total. The van der Waals surface area contributed by atoms with Crippen molar-refractivity contribution < 1.29 is 26.0 Å². The lowest BCUT2D eigenvalue weighted by atomic mass is 9.81. The van der Waals surface area contributed by atoms with E-state index in [1.54, 1.807) is 12.1 Å². The first-order chi connectivity index (χ1) is 19.1. The predicted molar refractivity (Wildman–Crippen MR) is 144 cm³/mol. The molecule has 3 heterocycles. The van der Waals surface area contributed by atoms with Gasteiger partial charge in [0.25, 0.3) is 10.0 Å². The monoisotopic (exact) mass is 577 g/mol. The molecule has 0 aliphatic carbocycles. The number of likely N-dealkylation sites (tertiary alicyclic amines) is 1. The summed E-state index contributed by atoms with van der Waals surface area (Å²) in [6, 6.07) is 11.0. The van der Waals surface area contributed by atoms with Crippen molar-refractivity contribution in [2.45, 2.75) is 55.1 Å². The maximum Gasteiger partial charge on any atom is 0.416 e. The Morgan fingerprint density at radius 1 is 1.00 bits per heavy atom. The van der Waals surface area contributed by atoms with Gasteiger partial charge >= 0.3 is 6.18 Å². The van der Waals surface area contributed by atoms with Crippen LogP contribution in [0.3, 0.4) is 0 Å². The second kappa shape index (κ2) is 11.3. The van der Waals surface area contributed by atoms with E-state index in [9.17, 15) is 21.6 Å². The molecule has 2 fully saturated rings. The van der Waals surface area contributed by atoms with Crippen LogP contribution in [0, 0.1) is 5.82 Å². The number of nitrogens with one attached hydrogen (secondary N) is 1. The lowest BCUT2D eigenvalue weighted by molar-refractivity contribution is -0.137. The van der Waals surface area contributed by atoms with E-state index in [2.05, 4.69) is 24.5 Å². The Kier molecular flexibility index (Phi) is 8.01. The number of alkyl halides is 3.